The van der Waals surface area contributed by atoms with E-state index in [-0.39, 0.29) is 0 Å². The molecule has 0 fully saturated rings. The molecule has 0 saturated carbocycles. The van der Waals surface area contributed by atoms with Crippen LogP contribution in [-0.4, -0.2) is 14.8 Å². The van der Waals surface area contributed by atoms with Crippen LogP contribution in [0.25, 0.3) is 17.1 Å². The molecule has 0 aliphatic rings. The first-order chi connectivity index (χ1) is 10.1. The topological polar surface area (TPSA) is 56.7 Å². The van der Waals surface area contributed by atoms with Crippen molar-refractivity contribution in [3.8, 4) is 17.1 Å². The first-order valence-corrected chi connectivity index (χ1v) is 7.89. The lowest BCUT2D eigenvalue weighted by molar-refractivity contribution is 0.972. The quantitative estimate of drug-likeness (QED) is 0.642. The largest absolute Gasteiger partial charge is 0.397 e. The minimum absolute atomic E-state index is 0.641. The fourth-order valence-corrected chi connectivity index (χ4v) is 3.42. The summed E-state index contributed by atoms with van der Waals surface area (Å²) < 4.78 is 3.75. The third-order valence-corrected chi connectivity index (χ3v) is 4.29. The van der Waals surface area contributed by atoms with Crippen LogP contribution in [0, 0.1) is 6.92 Å². The van der Waals surface area contributed by atoms with Crippen LogP contribution in [0.15, 0.2) is 51.4 Å². The minimum atomic E-state index is 0.641. The van der Waals surface area contributed by atoms with E-state index in [4.69, 9.17) is 5.73 Å². The highest BCUT2D eigenvalue weighted by Gasteiger charge is 2.17. The number of benzene rings is 2. The summed E-state index contributed by atoms with van der Waals surface area (Å²) >= 11 is 6.96. The number of rotatable bonds is 2. The van der Waals surface area contributed by atoms with Gasteiger partial charge in [0.05, 0.1) is 5.69 Å². The van der Waals surface area contributed by atoms with Gasteiger partial charge in [-0.2, -0.15) is 0 Å². The Morgan fingerprint density at radius 1 is 1.05 bits per heavy atom. The normalized spacial score (nSPS) is 10.8. The third-order valence-electron chi connectivity index (χ3n) is 3.17. The highest BCUT2D eigenvalue weighted by molar-refractivity contribution is 9.11. The summed E-state index contributed by atoms with van der Waals surface area (Å²) in [6, 6.07) is 13.8. The molecular formula is C15H12Br2N4. The fourth-order valence-electron chi connectivity index (χ4n) is 2.19. The summed E-state index contributed by atoms with van der Waals surface area (Å²) in [6.07, 6.45) is 0. The van der Waals surface area contributed by atoms with Gasteiger partial charge in [-0.15, -0.1) is 10.2 Å². The molecule has 0 spiro atoms. The second-order valence-electron chi connectivity index (χ2n) is 4.59. The molecule has 6 heteroatoms. The Labute approximate surface area is 139 Å². The van der Waals surface area contributed by atoms with Crippen LogP contribution in [-0.2, 0) is 0 Å². The molecule has 0 unspecified atom stereocenters. The van der Waals surface area contributed by atoms with Gasteiger partial charge in [0.1, 0.15) is 5.82 Å². The van der Waals surface area contributed by atoms with Gasteiger partial charge in [-0.25, -0.2) is 0 Å². The van der Waals surface area contributed by atoms with Crippen LogP contribution in [0.4, 0.5) is 5.69 Å². The molecule has 2 N–H and O–H groups in total. The van der Waals surface area contributed by atoms with Crippen LogP contribution < -0.4 is 5.73 Å². The summed E-state index contributed by atoms with van der Waals surface area (Å²) in [5.41, 5.74) is 8.67. The second-order valence-corrected chi connectivity index (χ2v) is 6.36. The Kier molecular flexibility index (Phi) is 3.82. The molecule has 0 saturated heterocycles. The second kappa shape index (κ2) is 5.61. The van der Waals surface area contributed by atoms with Gasteiger partial charge < -0.3 is 5.73 Å². The molecule has 1 aromatic heterocycles. The summed E-state index contributed by atoms with van der Waals surface area (Å²) in [5, 5.41) is 8.49. The molecule has 21 heavy (non-hydrogen) atoms. The summed E-state index contributed by atoms with van der Waals surface area (Å²) in [4.78, 5) is 0. The molecule has 4 nitrogen and oxygen atoms in total. The maximum Gasteiger partial charge on any atom is 0.170 e. The van der Waals surface area contributed by atoms with Gasteiger partial charge in [0, 0.05) is 20.2 Å². The van der Waals surface area contributed by atoms with Gasteiger partial charge in [0.15, 0.2) is 5.82 Å². The maximum atomic E-state index is 6.19. The molecule has 2 aromatic carbocycles. The number of hydrogen-bond acceptors (Lipinski definition) is 3. The van der Waals surface area contributed by atoms with Crippen molar-refractivity contribution in [3.05, 3.63) is 57.2 Å². The van der Waals surface area contributed by atoms with Crippen molar-refractivity contribution in [1.29, 1.82) is 0 Å². The summed E-state index contributed by atoms with van der Waals surface area (Å²) in [7, 11) is 0. The first-order valence-electron chi connectivity index (χ1n) is 6.30. The van der Waals surface area contributed by atoms with Crippen molar-refractivity contribution < 1.29 is 0 Å². The molecule has 3 rings (SSSR count). The molecule has 0 amide bonds. The van der Waals surface area contributed by atoms with Gasteiger partial charge in [0.2, 0.25) is 0 Å². The van der Waals surface area contributed by atoms with E-state index >= 15 is 0 Å². The zero-order valence-corrected chi connectivity index (χ0v) is 14.4. The van der Waals surface area contributed by atoms with E-state index in [1.165, 1.54) is 0 Å². The summed E-state index contributed by atoms with van der Waals surface area (Å²) in [6.45, 7) is 1.92. The molecule has 1 heterocycles. The van der Waals surface area contributed by atoms with E-state index in [0.717, 1.165) is 31.8 Å². The van der Waals surface area contributed by atoms with Crippen LogP contribution >= 0.6 is 31.9 Å². The lowest BCUT2D eigenvalue weighted by Crippen LogP contribution is -2.02. The molecule has 0 radical (unpaired) electrons. The Morgan fingerprint density at radius 3 is 2.48 bits per heavy atom. The van der Waals surface area contributed by atoms with Crippen molar-refractivity contribution in [1.82, 2.24) is 14.8 Å². The molecule has 0 aliphatic heterocycles. The number of nitrogens with two attached hydrogens (primary N) is 1. The van der Waals surface area contributed by atoms with E-state index in [9.17, 15) is 0 Å². The smallest absolute Gasteiger partial charge is 0.170 e. The fraction of sp³-hybridized carbons (Fsp3) is 0.0667. The third kappa shape index (κ3) is 2.61. The average molecular weight is 408 g/mol. The van der Waals surface area contributed by atoms with Crippen molar-refractivity contribution in [2.45, 2.75) is 6.92 Å². The van der Waals surface area contributed by atoms with E-state index in [0.29, 0.717) is 5.69 Å². The minimum Gasteiger partial charge on any atom is -0.397 e. The lowest BCUT2D eigenvalue weighted by Gasteiger charge is -2.11. The van der Waals surface area contributed by atoms with Gasteiger partial charge >= 0.3 is 0 Å². The number of halogens is 2. The van der Waals surface area contributed by atoms with Crippen molar-refractivity contribution in [3.63, 3.8) is 0 Å². The number of para-hydroxylation sites is 1. The van der Waals surface area contributed by atoms with Gasteiger partial charge in [-0.1, -0.05) is 34.1 Å². The average Bonchev–Trinajstić information content (AvgIpc) is 2.85. The molecule has 3 aromatic rings. The zero-order chi connectivity index (χ0) is 15.0. The zero-order valence-electron chi connectivity index (χ0n) is 11.2. The standard InChI is InChI=1S/C15H12Br2N4/c1-9-19-20-15(21(9)11-5-3-2-4-6-11)12-7-10(16)8-13(17)14(12)18/h2-8H,18H2,1H3. The van der Waals surface area contributed by atoms with Crippen LogP contribution in [0.1, 0.15) is 5.82 Å². The molecular weight excluding hydrogens is 396 g/mol. The van der Waals surface area contributed by atoms with Crippen molar-refractivity contribution in [2.75, 3.05) is 5.73 Å². The SMILES string of the molecule is Cc1nnc(-c2cc(Br)cc(Br)c2N)n1-c1ccccc1. The Hall–Kier alpha value is -1.66. The predicted octanol–water partition coefficient (Wildman–Crippen LogP) is 4.35. The summed E-state index contributed by atoms with van der Waals surface area (Å²) in [5.74, 6) is 1.53. The first kappa shape index (κ1) is 14.3. The highest BCUT2D eigenvalue weighted by atomic mass is 79.9. The lowest BCUT2D eigenvalue weighted by atomic mass is 10.1. The Morgan fingerprint density at radius 2 is 1.76 bits per heavy atom. The van der Waals surface area contributed by atoms with Gasteiger partial charge in [-0.05, 0) is 47.1 Å². The van der Waals surface area contributed by atoms with E-state index < -0.39 is 0 Å². The Bertz CT molecular complexity index is 797. The maximum absolute atomic E-state index is 6.19. The van der Waals surface area contributed by atoms with Gasteiger partial charge in [-0.3, -0.25) is 4.57 Å². The number of aryl methyl sites for hydroxylation is 1. The predicted molar refractivity (Wildman–Crippen MR) is 91.3 cm³/mol. The van der Waals surface area contributed by atoms with E-state index in [2.05, 4.69) is 42.1 Å². The number of aromatic nitrogens is 3. The number of anilines is 1. The molecule has 0 atom stereocenters. The van der Waals surface area contributed by atoms with Crippen LogP contribution in [0.3, 0.4) is 0 Å². The number of nitrogen functional groups attached to an aromatic ring is 1. The van der Waals surface area contributed by atoms with E-state index in [1.54, 1.807) is 0 Å². The molecule has 0 aliphatic carbocycles. The van der Waals surface area contributed by atoms with E-state index in [1.807, 2.05) is 54.0 Å². The molecule has 0 bridgehead atoms. The monoisotopic (exact) mass is 406 g/mol. The van der Waals surface area contributed by atoms with Crippen molar-refractivity contribution in [2.24, 2.45) is 0 Å². The van der Waals surface area contributed by atoms with Crippen LogP contribution in [0.5, 0.6) is 0 Å². The number of hydrogen-bond donors (Lipinski definition) is 1. The highest BCUT2D eigenvalue weighted by Crippen LogP contribution is 2.35. The Balaban J connectivity index is 2.27. The molecule has 106 valence electrons. The van der Waals surface area contributed by atoms with Crippen molar-refractivity contribution >= 4 is 37.5 Å². The van der Waals surface area contributed by atoms with Gasteiger partial charge in [0.25, 0.3) is 0 Å². The van der Waals surface area contributed by atoms with Crippen LogP contribution in [0.2, 0.25) is 0 Å². The number of nitrogens with zero attached hydrogens (tertiary/aromatic N) is 3.